The molecule has 1 N–H and O–H groups in total. The highest BCUT2D eigenvalue weighted by molar-refractivity contribution is 7.87. The fourth-order valence-electron chi connectivity index (χ4n) is 2.44. The van der Waals surface area contributed by atoms with E-state index in [1.54, 1.807) is 4.31 Å². The minimum absolute atomic E-state index is 0.158. The van der Waals surface area contributed by atoms with E-state index in [1.165, 1.54) is 0 Å². The van der Waals surface area contributed by atoms with Crippen molar-refractivity contribution in [3.63, 3.8) is 0 Å². The predicted molar refractivity (Wildman–Crippen MR) is 59.7 cm³/mol. The van der Waals surface area contributed by atoms with E-state index >= 15 is 0 Å². The van der Waals surface area contributed by atoms with Crippen LogP contribution in [0.3, 0.4) is 0 Å². The van der Waals surface area contributed by atoms with Crippen molar-refractivity contribution >= 4 is 10.2 Å². The van der Waals surface area contributed by atoms with Crippen LogP contribution in [0.25, 0.3) is 0 Å². The molecule has 1 atom stereocenters. The van der Waals surface area contributed by atoms with Crippen LogP contribution >= 0.6 is 0 Å². The van der Waals surface area contributed by atoms with E-state index in [4.69, 9.17) is 0 Å². The number of hydrogen-bond acceptors (Lipinski definition) is 2. The molecular formula is C10H20N2O2S. The lowest BCUT2D eigenvalue weighted by molar-refractivity contribution is 0.239. The Labute approximate surface area is 92.2 Å². The molecular weight excluding hydrogens is 212 g/mol. The minimum Gasteiger partial charge on any atom is -0.196 e. The maximum atomic E-state index is 12.1. The van der Waals surface area contributed by atoms with Crippen LogP contribution in [0, 0.1) is 0 Å². The largest absolute Gasteiger partial charge is 0.280 e. The molecule has 2 fully saturated rings. The first-order valence-corrected chi connectivity index (χ1v) is 7.18. The number of rotatable bonds is 3. The summed E-state index contributed by atoms with van der Waals surface area (Å²) in [7, 11) is -3.24. The van der Waals surface area contributed by atoms with Crippen LogP contribution < -0.4 is 4.72 Å². The zero-order valence-electron chi connectivity index (χ0n) is 9.49. The molecule has 2 aliphatic rings. The summed E-state index contributed by atoms with van der Waals surface area (Å²) in [5, 5.41) is 0. The van der Waals surface area contributed by atoms with E-state index in [0.29, 0.717) is 6.54 Å². The molecule has 4 nitrogen and oxygen atoms in total. The van der Waals surface area contributed by atoms with Crippen molar-refractivity contribution < 1.29 is 8.42 Å². The monoisotopic (exact) mass is 232 g/mol. The second-order valence-corrected chi connectivity index (χ2v) is 6.75. The number of nitrogens with zero attached hydrogens (tertiary/aromatic N) is 1. The van der Waals surface area contributed by atoms with Crippen LogP contribution in [0.4, 0.5) is 0 Å². The molecule has 0 aromatic heterocycles. The van der Waals surface area contributed by atoms with Gasteiger partial charge in [-0.3, -0.25) is 0 Å². The van der Waals surface area contributed by atoms with Gasteiger partial charge in [0.25, 0.3) is 10.2 Å². The van der Waals surface area contributed by atoms with Crippen LogP contribution in [0.1, 0.15) is 46.0 Å². The SMILES string of the molecule is CC1CCCN1S(=O)(=O)NC1(C)CCC1. The lowest BCUT2D eigenvalue weighted by Crippen LogP contribution is -2.55. The molecule has 1 aliphatic carbocycles. The summed E-state index contributed by atoms with van der Waals surface area (Å²) in [5.41, 5.74) is -0.179. The Balaban J connectivity index is 2.06. The molecule has 1 aliphatic heterocycles. The predicted octanol–water partition coefficient (Wildman–Crippen LogP) is 1.25. The molecule has 15 heavy (non-hydrogen) atoms. The molecule has 88 valence electrons. The fourth-order valence-corrected chi connectivity index (χ4v) is 4.34. The third-order valence-corrected chi connectivity index (χ3v) is 5.54. The Morgan fingerprint density at radius 2 is 2.00 bits per heavy atom. The Kier molecular flexibility index (Phi) is 2.81. The van der Waals surface area contributed by atoms with E-state index in [0.717, 1.165) is 32.1 Å². The van der Waals surface area contributed by atoms with Gasteiger partial charge in [0.05, 0.1) is 0 Å². The van der Waals surface area contributed by atoms with Crippen molar-refractivity contribution in [3.05, 3.63) is 0 Å². The first kappa shape index (κ1) is 11.4. The Morgan fingerprint density at radius 3 is 2.40 bits per heavy atom. The average Bonchev–Trinajstić information content (AvgIpc) is 2.48. The third kappa shape index (κ3) is 2.19. The van der Waals surface area contributed by atoms with Crippen LogP contribution in [-0.2, 0) is 10.2 Å². The van der Waals surface area contributed by atoms with Crippen LogP contribution in [0.15, 0.2) is 0 Å². The average molecular weight is 232 g/mol. The van der Waals surface area contributed by atoms with Gasteiger partial charge in [0.15, 0.2) is 0 Å². The van der Waals surface area contributed by atoms with Gasteiger partial charge in [0.1, 0.15) is 0 Å². The topological polar surface area (TPSA) is 49.4 Å². The normalized spacial score (nSPS) is 31.5. The van der Waals surface area contributed by atoms with Crippen LogP contribution in [-0.4, -0.2) is 30.8 Å². The van der Waals surface area contributed by atoms with Gasteiger partial charge in [-0.15, -0.1) is 0 Å². The summed E-state index contributed by atoms with van der Waals surface area (Å²) in [6.45, 7) is 4.65. The van der Waals surface area contributed by atoms with E-state index in [2.05, 4.69) is 4.72 Å². The van der Waals surface area contributed by atoms with Crippen molar-refractivity contribution in [2.75, 3.05) is 6.54 Å². The molecule has 0 amide bonds. The molecule has 1 unspecified atom stereocenters. The Bertz CT molecular complexity index is 335. The molecule has 0 spiro atoms. The highest BCUT2D eigenvalue weighted by atomic mass is 32.2. The zero-order chi connectivity index (χ0) is 11.1. The van der Waals surface area contributed by atoms with Gasteiger partial charge in [0.2, 0.25) is 0 Å². The Hall–Kier alpha value is -0.130. The van der Waals surface area contributed by atoms with Gasteiger partial charge in [0, 0.05) is 18.1 Å². The van der Waals surface area contributed by atoms with Gasteiger partial charge in [-0.05, 0) is 46.0 Å². The molecule has 0 radical (unpaired) electrons. The summed E-state index contributed by atoms with van der Waals surface area (Å²) in [4.78, 5) is 0. The van der Waals surface area contributed by atoms with Crippen molar-refractivity contribution in [1.82, 2.24) is 9.03 Å². The molecule has 0 aromatic carbocycles. The maximum absolute atomic E-state index is 12.1. The van der Waals surface area contributed by atoms with E-state index in [1.807, 2.05) is 13.8 Å². The van der Waals surface area contributed by atoms with Gasteiger partial charge in [-0.1, -0.05) is 0 Å². The summed E-state index contributed by atoms with van der Waals surface area (Å²) >= 11 is 0. The summed E-state index contributed by atoms with van der Waals surface area (Å²) in [6, 6.07) is 0.158. The lowest BCUT2D eigenvalue weighted by Gasteiger charge is -2.40. The van der Waals surface area contributed by atoms with E-state index in [9.17, 15) is 8.42 Å². The highest BCUT2D eigenvalue weighted by Crippen LogP contribution is 2.33. The van der Waals surface area contributed by atoms with E-state index < -0.39 is 10.2 Å². The molecule has 1 saturated carbocycles. The lowest BCUT2D eigenvalue weighted by atomic mass is 9.80. The molecule has 1 heterocycles. The van der Waals surface area contributed by atoms with Crippen LogP contribution in [0.5, 0.6) is 0 Å². The first-order valence-electron chi connectivity index (χ1n) is 5.74. The Morgan fingerprint density at radius 1 is 1.33 bits per heavy atom. The standard InChI is InChI=1S/C10H20N2O2S/c1-9-5-3-8-12(9)15(13,14)11-10(2)6-4-7-10/h9,11H,3-8H2,1-2H3. The summed E-state index contributed by atoms with van der Waals surface area (Å²) < 4.78 is 28.6. The zero-order valence-corrected chi connectivity index (χ0v) is 10.3. The van der Waals surface area contributed by atoms with Crippen molar-refractivity contribution in [3.8, 4) is 0 Å². The quantitative estimate of drug-likeness (QED) is 0.796. The number of hydrogen-bond donors (Lipinski definition) is 1. The third-order valence-electron chi connectivity index (χ3n) is 3.63. The maximum Gasteiger partial charge on any atom is 0.280 e. The molecule has 0 aromatic rings. The summed E-state index contributed by atoms with van der Waals surface area (Å²) in [6.07, 6.45) is 5.04. The summed E-state index contributed by atoms with van der Waals surface area (Å²) in [5.74, 6) is 0. The molecule has 5 heteroatoms. The number of nitrogens with one attached hydrogen (secondary N) is 1. The van der Waals surface area contributed by atoms with Gasteiger partial charge in [-0.2, -0.15) is 17.4 Å². The molecule has 1 saturated heterocycles. The smallest absolute Gasteiger partial charge is 0.196 e. The first-order chi connectivity index (χ1) is 6.93. The molecule has 0 bridgehead atoms. The van der Waals surface area contributed by atoms with E-state index in [-0.39, 0.29) is 11.6 Å². The fraction of sp³-hybridized carbons (Fsp3) is 1.00. The van der Waals surface area contributed by atoms with Gasteiger partial charge >= 0.3 is 0 Å². The minimum atomic E-state index is -3.24. The van der Waals surface area contributed by atoms with Crippen LogP contribution in [0.2, 0.25) is 0 Å². The van der Waals surface area contributed by atoms with Crippen molar-refractivity contribution in [1.29, 1.82) is 0 Å². The van der Waals surface area contributed by atoms with Crippen molar-refractivity contribution in [2.24, 2.45) is 0 Å². The molecule has 2 rings (SSSR count). The second-order valence-electron chi connectivity index (χ2n) is 5.12. The second kappa shape index (κ2) is 3.71. The van der Waals surface area contributed by atoms with Gasteiger partial charge in [-0.25, -0.2) is 0 Å². The highest BCUT2D eigenvalue weighted by Gasteiger charge is 2.40. The van der Waals surface area contributed by atoms with Gasteiger partial charge < -0.3 is 0 Å². The van der Waals surface area contributed by atoms with Crippen molar-refractivity contribution in [2.45, 2.75) is 57.5 Å².